The van der Waals surface area contributed by atoms with Gasteiger partial charge < -0.3 is 19.5 Å². The molecule has 0 unspecified atom stereocenters. The fraction of sp³-hybridized carbons (Fsp3) is 0.483. The number of hydrogen-bond acceptors (Lipinski definition) is 5. The number of rotatable bonds is 13. The van der Waals surface area contributed by atoms with Crippen LogP contribution in [-0.2, 0) is 15.9 Å². The largest absolute Gasteiger partial charge is 0.444 e. The van der Waals surface area contributed by atoms with Crippen molar-refractivity contribution in [2.75, 3.05) is 39.8 Å². The van der Waals surface area contributed by atoms with Gasteiger partial charge in [0.1, 0.15) is 5.60 Å². The minimum Gasteiger partial charge on any atom is -0.444 e. The Morgan fingerprint density at radius 2 is 1.56 bits per heavy atom. The van der Waals surface area contributed by atoms with Gasteiger partial charge in [0.2, 0.25) is 0 Å². The lowest BCUT2D eigenvalue weighted by Crippen LogP contribution is -2.40. The average Bonchev–Trinajstić information content (AvgIpc) is 2.85. The van der Waals surface area contributed by atoms with Gasteiger partial charge >= 0.3 is 13.7 Å². The Labute approximate surface area is 217 Å². The van der Waals surface area contributed by atoms with Crippen molar-refractivity contribution in [3.05, 3.63) is 60.2 Å². The van der Waals surface area contributed by atoms with Crippen molar-refractivity contribution >= 4 is 35.3 Å². The zero-order chi connectivity index (χ0) is 26.0. The molecule has 0 aliphatic heterocycles. The quantitative estimate of drug-likeness (QED) is 0.192. The topological polar surface area (TPSA) is 54.0 Å². The number of nitrogens with one attached hydrogen (secondary N) is 1. The van der Waals surface area contributed by atoms with Crippen molar-refractivity contribution < 1.29 is 14.2 Å². The van der Waals surface area contributed by atoms with Crippen molar-refractivity contribution in [3.63, 3.8) is 0 Å². The molecule has 0 spiro atoms. The lowest BCUT2D eigenvalue weighted by Gasteiger charge is -2.29. The highest BCUT2D eigenvalue weighted by atomic mass is 16.6. The van der Waals surface area contributed by atoms with E-state index in [-0.39, 0.29) is 6.09 Å². The van der Waals surface area contributed by atoms with E-state index in [1.54, 1.807) is 14.7 Å². The van der Waals surface area contributed by atoms with E-state index in [0.717, 1.165) is 39.0 Å². The van der Waals surface area contributed by atoms with Crippen molar-refractivity contribution in [2.24, 2.45) is 0 Å². The second-order valence-electron chi connectivity index (χ2n) is 10.1. The van der Waals surface area contributed by atoms with Crippen LogP contribution in [0, 0.1) is 0 Å². The molecule has 0 aliphatic carbocycles. The molecule has 3 aromatic carbocycles. The summed E-state index contributed by atoms with van der Waals surface area (Å²) >= 11 is 0. The first-order valence-electron chi connectivity index (χ1n) is 13.0. The van der Waals surface area contributed by atoms with Crippen LogP contribution < -0.4 is 5.23 Å². The minimum absolute atomic E-state index is 0.249. The van der Waals surface area contributed by atoms with E-state index in [9.17, 15) is 4.79 Å². The Kier molecular flexibility index (Phi) is 10.6. The maximum Gasteiger partial charge on any atom is 0.410 e. The predicted molar refractivity (Wildman–Crippen MR) is 150 cm³/mol. The first kappa shape index (κ1) is 28.0. The number of carbonyl (C=O) groups excluding carboxylic acids is 1. The molecule has 193 valence electrons. The second kappa shape index (κ2) is 13.6. The Balaban J connectivity index is 1.67. The van der Waals surface area contributed by atoms with E-state index in [0.29, 0.717) is 13.1 Å². The molecule has 3 aromatic rings. The van der Waals surface area contributed by atoms with Crippen LogP contribution in [0.4, 0.5) is 4.79 Å². The van der Waals surface area contributed by atoms with E-state index in [4.69, 9.17) is 9.39 Å². The number of hydrogen-bond donors (Lipinski definition) is 1. The zero-order valence-electron chi connectivity index (χ0n) is 22.5. The molecule has 0 atom stereocenters. The number of benzene rings is 3. The first-order chi connectivity index (χ1) is 17.3. The Hall–Kier alpha value is -2.61. The van der Waals surface area contributed by atoms with E-state index in [1.165, 1.54) is 27.1 Å². The van der Waals surface area contributed by atoms with Crippen LogP contribution in [0.15, 0.2) is 54.6 Å². The van der Waals surface area contributed by atoms with Gasteiger partial charge in [-0.1, -0.05) is 55.5 Å². The summed E-state index contributed by atoms with van der Waals surface area (Å²) in [4.78, 5) is 17.1. The van der Waals surface area contributed by atoms with E-state index < -0.39 is 5.60 Å². The van der Waals surface area contributed by atoms with Crippen molar-refractivity contribution in [1.82, 2.24) is 15.0 Å². The monoisotopic (exact) mass is 490 g/mol. The highest BCUT2D eigenvalue weighted by molar-refractivity contribution is 6.23. The molecule has 6 nitrogen and oxygen atoms in total. The van der Waals surface area contributed by atoms with Crippen LogP contribution in [0.1, 0.15) is 46.1 Å². The fourth-order valence-corrected chi connectivity index (χ4v) is 4.47. The maximum absolute atomic E-state index is 12.8. The summed E-state index contributed by atoms with van der Waals surface area (Å²) in [5, 5.41) is 8.26. The fourth-order valence-electron chi connectivity index (χ4n) is 4.47. The van der Waals surface area contributed by atoms with Gasteiger partial charge in [0, 0.05) is 33.3 Å². The van der Waals surface area contributed by atoms with Gasteiger partial charge in [-0.05, 0) is 79.9 Å². The van der Waals surface area contributed by atoms with Gasteiger partial charge in [-0.3, -0.25) is 4.90 Å². The molecule has 1 N–H and O–H groups in total. The summed E-state index contributed by atoms with van der Waals surface area (Å²) in [7, 11) is 3.18. The molecular weight excluding hydrogens is 449 g/mol. The molecule has 7 heteroatoms. The molecule has 0 bridgehead atoms. The van der Waals surface area contributed by atoms with Crippen molar-refractivity contribution in [2.45, 2.75) is 52.7 Å². The summed E-state index contributed by atoms with van der Waals surface area (Å²) < 4.78 is 10.6. The third-order valence-corrected chi connectivity index (χ3v) is 6.22. The molecule has 3 rings (SSSR count). The van der Waals surface area contributed by atoms with Crippen LogP contribution in [-0.4, -0.2) is 68.9 Å². The van der Waals surface area contributed by atoms with Gasteiger partial charge in [0.15, 0.2) is 0 Å². The SMILES string of the molecule is CCN(CCCN(CCCN[B]OC)C(=O)OC(C)(C)C)Cc1c2ccccc2cc2ccccc12. The molecular formula is C29H41BN3O3. The lowest BCUT2D eigenvalue weighted by atomic mass is 9.96. The molecule has 0 saturated heterocycles. The van der Waals surface area contributed by atoms with Crippen LogP contribution in [0.5, 0.6) is 0 Å². The minimum atomic E-state index is -0.512. The molecule has 1 radical (unpaired) electrons. The second-order valence-corrected chi connectivity index (χ2v) is 10.1. The van der Waals surface area contributed by atoms with E-state index in [2.05, 4.69) is 71.6 Å². The van der Waals surface area contributed by atoms with Gasteiger partial charge in [0.25, 0.3) is 0 Å². The summed E-state index contributed by atoms with van der Waals surface area (Å²) in [5.74, 6) is 0. The molecule has 36 heavy (non-hydrogen) atoms. The van der Waals surface area contributed by atoms with Gasteiger partial charge in [-0.2, -0.15) is 0 Å². The Morgan fingerprint density at radius 3 is 2.14 bits per heavy atom. The Morgan fingerprint density at radius 1 is 0.944 bits per heavy atom. The highest BCUT2D eigenvalue weighted by Crippen LogP contribution is 2.29. The number of nitrogens with zero attached hydrogens (tertiary/aromatic N) is 2. The van der Waals surface area contributed by atoms with Crippen LogP contribution in [0.2, 0.25) is 0 Å². The van der Waals surface area contributed by atoms with Crippen molar-refractivity contribution in [3.8, 4) is 0 Å². The van der Waals surface area contributed by atoms with Crippen LogP contribution in [0.3, 0.4) is 0 Å². The Bertz CT molecular complexity index is 1060. The number of ether oxygens (including phenoxy) is 1. The van der Waals surface area contributed by atoms with Gasteiger partial charge in [-0.15, -0.1) is 0 Å². The number of fused-ring (bicyclic) bond motifs is 2. The third kappa shape index (κ3) is 8.22. The lowest BCUT2D eigenvalue weighted by molar-refractivity contribution is 0.0241. The van der Waals surface area contributed by atoms with E-state index >= 15 is 0 Å². The summed E-state index contributed by atoms with van der Waals surface area (Å²) in [6, 6.07) is 19.6. The molecule has 0 aromatic heterocycles. The first-order valence-corrected chi connectivity index (χ1v) is 13.0. The summed E-state index contributed by atoms with van der Waals surface area (Å²) in [5.41, 5.74) is 0.859. The zero-order valence-corrected chi connectivity index (χ0v) is 22.5. The van der Waals surface area contributed by atoms with Gasteiger partial charge in [-0.25, -0.2) is 4.79 Å². The van der Waals surface area contributed by atoms with Crippen molar-refractivity contribution in [1.29, 1.82) is 0 Å². The predicted octanol–water partition coefficient (Wildman–Crippen LogP) is 5.60. The molecule has 0 aliphatic rings. The van der Waals surface area contributed by atoms with Crippen LogP contribution >= 0.6 is 0 Å². The van der Waals surface area contributed by atoms with E-state index in [1.807, 2.05) is 25.7 Å². The normalized spacial score (nSPS) is 11.8. The molecule has 0 fully saturated rings. The maximum atomic E-state index is 12.8. The standard InChI is InChI=1S/C29H41BN3O3/c1-6-32(18-12-20-33(19-11-17-31-30-35-5)28(34)36-29(2,3)4)22-27-25-15-9-7-13-23(25)21-24-14-8-10-16-26(24)27/h7-10,13-16,21,31H,6,11-12,17-20,22H2,1-5H3. The van der Waals surface area contributed by atoms with Gasteiger partial charge in [0.05, 0.1) is 0 Å². The molecule has 0 heterocycles. The summed E-state index contributed by atoms with van der Waals surface area (Å²) in [6.45, 7) is 12.7. The smallest absolute Gasteiger partial charge is 0.410 e. The number of amides is 1. The molecule has 0 saturated carbocycles. The number of carbonyl (C=O) groups is 1. The summed E-state index contributed by atoms with van der Waals surface area (Å²) in [6.07, 6.45) is 1.45. The average molecular weight is 490 g/mol. The van der Waals surface area contributed by atoms with Crippen LogP contribution in [0.25, 0.3) is 21.5 Å². The molecule has 1 amide bonds. The highest BCUT2D eigenvalue weighted by Gasteiger charge is 2.22. The third-order valence-electron chi connectivity index (χ3n) is 6.22.